The summed E-state index contributed by atoms with van der Waals surface area (Å²) in [6.45, 7) is 7.22. The van der Waals surface area contributed by atoms with Crippen molar-refractivity contribution in [2.24, 2.45) is 5.73 Å². The topological polar surface area (TPSA) is 120 Å². The molecule has 0 aliphatic carbocycles. The monoisotopic (exact) mass is 441 g/mol. The van der Waals surface area contributed by atoms with Crippen molar-refractivity contribution in [1.29, 1.82) is 0 Å². The van der Waals surface area contributed by atoms with Gasteiger partial charge in [0.25, 0.3) is 0 Å². The van der Waals surface area contributed by atoms with Crippen molar-refractivity contribution in [2.45, 2.75) is 51.9 Å². The second-order valence-electron chi connectivity index (χ2n) is 8.45. The van der Waals surface area contributed by atoms with Crippen LogP contribution in [-0.2, 0) is 15.9 Å². The van der Waals surface area contributed by atoms with Gasteiger partial charge in [0.15, 0.2) is 0 Å². The minimum absolute atomic E-state index is 0.126. The van der Waals surface area contributed by atoms with Gasteiger partial charge in [-0.25, -0.2) is 9.59 Å². The maximum absolute atomic E-state index is 12.5. The van der Waals surface area contributed by atoms with E-state index in [9.17, 15) is 14.4 Å². The molecule has 0 saturated heterocycles. The molecule has 0 aliphatic rings. The minimum atomic E-state index is -0.637. The molecule has 8 nitrogen and oxygen atoms in total. The average molecular weight is 442 g/mol. The van der Waals surface area contributed by atoms with Gasteiger partial charge in [0.05, 0.1) is 6.04 Å². The Bertz CT molecular complexity index is 907. The molecule has 172 valence electrons. The Morgan fingerprint density at radius 3 is 2.16 bits per heavy atom. The van der Waals surface area contributed by atoms with Crippen LogP contribution >= 0.6 is 0 Å². The highest BCUT2D eigenvalue weighted by Crippen LogP contribution is 2.16. The van der Waals surface area contributed by atoms with E-state index in [4.69, 9.17) is 15.2 Å². The van der Waals surface area contributed by atoms with Crippen molar-refractivity contribution in [3.05, 3.63) is 71.3 Å². The lowest BCUT2D eigenvalue weighted by Crippen LogP contribution is -2.46. The Kier molecular flexibility index (Phi) is 8.63. The highest BCUT2D eigenvalue weighted by Gasteiger charge is 2.20. The molecule has 8 heteroatoms. The van der Waals surface area contributed by atoms with Gasteiger partial charge in [-0.15, -0.1) is 0 Å². The molecule has 0 saturated carbocycles. The summed E-state index contributed by atoms with van der Waals surface area (Å²) in [4.78, 5) is 35.8. The molecule has 2 rings (SSSR count). The first-order valence-corrected chi connectivity index (χ1v) is 10.4. The number of carbonyl (C=O) groups is 3. The standard InChI is InChI=1S/C24H31N3O5/c1-16(18-8-6-5-7-9-18)31-23(30)27-20(15-26-22(29)32-24(2,3)4)14-17-10-12-19(13-11-17)21(25)28/h5-13,16,20H,14-15H2,1-4H3,(H2,25,28)(H,26,29)(H,27,30)/t16-,20-/m0/s1. The summed E-state index contributed by atoms with van der Waals surface area (Å²) >= 11 is 0. The molecule has 0 fully saturated rings. The molecule has 4 N–H and O–H groups in total. The molecule has 0 spiro atoms. The van der Waals surface area contributed by atoms with Crippen molar-refractivity contribution in [3.63, 3.8) is 0 Å². The SMILES string of the molecule is C[C@H](OC(=O)N[C@H](CNC(=O)OC(C)(C)C)Cc1ccc(C(N)=O)cc1)c1ccccc1. The van der Waals surface area contributed by atoms with Gasteiger partial charge >= 0.3 is 12.2 Å². The van der Waals surface area contributed by atoms with E-state index in [0.717, 1.165) is 11.1 Å². The van der Waals surface area contributed by atoms with E-state index < -0.39 is 35.8 Å². The average Bonchev–Trinajstić information content (AvgIpc) is 2.71. The molecule has 0 aromatic heterocycles. The third-order valence-corrected chi connectivity index (χ3v) is 4.49. The number of primary amides is 1. The number of nitrogens with two attached hydrogens (primary N) is 1. The Hall–Kier alpha value is -3.55. The van der Waals surface area contributed by atoms with E-state index in [1.54, 1.807) is 52.0 Å². The van der Waals surface area contributed by atoms with E-state index in [0.29, 0.717) is 12.0 Å². The van der Waals surface area contributed by atoms with Crippen LogP contribution in [0.2, 0.25) is 0 Å². The molecule has 3 amide bonds. The lowest BCUT2D eigenvalue weighted by Gasteiger charge is -2.23. The second-order valence-corrected chi connectivity index (χ2v) is 8.45. The number of alkyl carbamates (subject to hydrolysis) is 2. The van der Waals surface area contributed by atoms with Crippen molar-refractivity contribution < 1.29 is 23.9 Å². The van der Waals surface area contributed by atoms with E-state index >= 15 is 0 Å². The summed E-state index contributed by atoms with van der Waals surface area (Å²) < 4.78 is 10.7. The maximum Gasteiger partial charge on any atom is 0.408 e. The van der Waals surface area contributed by atoms with E-state index in [2.05, 4.69) is 10.6 Å². The fraction of sp³-hybridized carbons (Fsp3) is 0.375. The smallest absolute Gasteiger partial charge is 0.408 e. The maximum atomic E-state index is 12.5. The number of ether oxygens (including phenoxy) is 2. The number of hydrogen-bond acceptors (Lipinski definition) is 5. The lowest BCUT2D eigenvalue weighted by molar-refractivity contribution is 0.0518. The van der Waals surface area contributed by atoms with Crippen LogP contribution in [0.25, 0.3) is 0 Å². The largest absolute Gasteiger partial charge is 0.444 e. The first-order chi connectivity index (χ1) is 15.0. The third kappa shape index (κ3) is 8.67. The number of benzene rings is 2. The first-order valence-electron chi connectivity index (χ1n) is 10.4. The molecule has 0 heterocycles. The second kappa shape index (κ2) is 11.2. The van der Waals surface area contributed by atoms with Crippen molar-refractivity contribution >= 4 is 18.1 Å². The summed E-state index contributed by atoms with van der Waals surface area (Å²) in [7, 11) is 0. The normalized spacial score (nSPS) is 12.9. The Balaban J connectivity index is 2.03. The van der Waals surface area contributed by atoms with Crippen LogP contribution in [0, 0.1) is 0 Å². The van der Waals surface area contributed by atoms with Crippen LogP contribution in [0.5, 0.6) is 0 Å². The van der Waals surface area contributed by atoms with E-state index in [1.807, 2.05) is 30.3 Å². The van der Waals surface area contributed by atoms with Crippen molar-refractivity contribution in [1.82, 2.24) is 10.6 Å². The third-order valence-electron chi connectivity index (χ3n) is 4.49. The van der Waals surface area contributed by atoms with Gasteiger partial charge in [0.1, 0.15) is 11.7 Å². The Labute approximate surface area is 188 Å². The van der Waals surface area contributed by atoms with Gasteiger partial charge in [0, 0.05) is 12.1 Å². The quantitative estimate of drug-likeness (QED) is 0.577. The number of carbonyl (C=O) groups excluding carboxylic acids is 3. The fourth-order valence-corrected chi connectivity index (χ4v) is 2.94. The highest BCUT2D eigenvalue weighted by molar-refractivity contribution is 5.92. The first kappa shape index (κ1) is 24.7. The van der Waals surface area contributed by atoms with Gasteiger partial charge in [0.2, 0.25) is 5.91 Å². The predicted octanol–water partition coefficient (Wildman–Crippen LogP) is 3.71. The summed E-state index contributed by atoms with van der Waals surface area (Å²) in [5.41, 5.74) is 6.75. The van der Waals surface area contributed by atoms with Gasteiger partial charge < -0.3 is 25.8 Å². The number of amides is 3. The van der Waals surface area contributed by atoms with Crippen LogP contribution in [0.3, 0.4) is 0 Å². The summed E-state index contributed by atoms with van der Waals surface area (Å²) in [6, 6.07) is 15.6. The molecular formula is C24H31N3O5. The van der Waals surface area contributed by atoms with Crippen LogP contribution in [0.4, 0.5) is 9.59 Å². The molecule has 2 aromatic carbocycles. The number of nitrogens with one attached hydrogen (secondary N) is 2. The summed E-state index contributed by atoms with van der Waals surface area (Å²) in [5.74, 6) is -0.517. The Morgan fingerprint density at radius 2 is 1.59 bits per heavy atom. The predicted molar refractivity (Wildman–Crippen MR) is 121 cm³/mol. The number of hydrogen-bond donors (Lipinski definition) is 3. The molecule has 0 aliphatic heterocycles. The molecule has 2 aromatic rings. The van der Waals surface area contributed by atoms with Gasteiger partial charge in [-0.2, -0.15) is 0 Å². The van der Waals surface area contributed by atoms with E-state index in [-0.39, 0.29) is 6.54 Å². The zero-order valence-corrected chi connectivity index (χ0v) is 18.9. The van der Waals surface area contributed by atoms with Gasteiger partial charge in [-0.1, -0.05) is 42.5 Å². The minimum Gasteiger partial charge on any atom is -0.444 e. The van der Waals surface area contributed by atoms with Crippen molar-refractivity contribution in [2.75, 3.05) is 6.54 Å². The molecule has 32 heavy (non-hydrogen) atoms. The van der Waals surface area contributed by atoms with Gasteiger partial charge in [-0.3, -0.25) is 4.79 Å². The van der Waals surface area contributed by atoms with Crippen LogP contribution in [0.15, 0.2) is 54.6 Å². The summed E-state index contributed by atoms with van der Waals surface area (Å²) in [5, 5.41) is 5.47. The Morgan fingerprint density at radius 1 is 0.969 bits per heavy atom. The fourth-order valence-electron chi connectivity index (χ4n) is 2.94. The number of rotatable bonds is 8. The van der Waals surface area contributed by atoms with Crippen LogP contribution < -0.4 is 16.4 Å². The molecule has 0 unspecified atom stereocenters. The summed E-state index contributed by atoms with van der Waals surface area (Å²) in [6.07, 6.45) is -1.24. The molecular weight excluding hydrogens is 410 g/mol. The van der Waals surface area contributed by atoms with E-state index in [1.165, 1.54) is 0 Å². The molecule has 0 bridgehead atoms. The lowest BCUT2D eigenvalue weighted by atomic mass is 10.0. The van der Waals surface area contributed by atoms with Gasteiger partial charge in [-0.05, 0) is 57.4 Å². The molecule has 2 atom stereocenters. The zero-order chi connectivity index (χ0) is 23.7. The van der Waals surface area contributed by atoms with Crippen LogP contribution in [0.1, 0.15) is 55.3 Å². The highest BCUT2D eigenvalue weighted by atomic mass is 16.6. The van der Waals surface area contributed by atoms with Crippen molar-refractivity contribution in [3.8, 4) is 0 Å². The van der Waals surface area contributed by atoms with Crippen LogP contribution in [-0.4, -0.2) is 36.3 Å². The molecule has 0 radical (unpaired) electrons. The zero-order valence-electron chi connectivity index (χ0n) is 18.9.